The van der Waals surface area contributed by atoms with Gasteiger partial charge >= 0.3 is 0 Å². The predicted octanol–water partition coefficient (Wildman–Crippen LogP) is 3.48. The number of rotatable bonds is 5. The van der Waals surface area contributed by atoms with E-state index in [1.807, 2.05) is 36.5 Å². The molecule has 3 aromatic rings. The molecule has 1 aromatic carbocycles. The summed E-state index contributed by atoms with van der Waals surface area (Å²) in [5, 5.41) is 13.1. The summed E-state index contributed by atoms with van der Waals surface area (Å²) in [6.45, 7) is 0. The van der Waals surface area contributed by atoms with Crippen molar-refractivity contribution in [3.8, 4) is 11.9 Å². The van der Waals surface area contributed by atoms with Crippen LogP contribution >= 0.6 is 0 Å². The average molecular weight is 374 g/mol. The van der Waals surface area contributed by atoms with Gasteiger partial charge in [-0.2, -0.15) is 5.26 Å². The number of carbonyl (C=O) groups is 1. The second-order valence-electron chi connectivity index (χ2n) is 7.19. The van der Waals surface area contributed by atoms with Crippen molar-refractivity contribution in [1.29, 1.82) is 5.26 Å². The summed E-state index contributed by atoms with van der Waals surface area (Å²) in [4.78, 5) is 19.8. The molecule has 2 N–H and O–H groups in total. The molecule has 1 aliphatic rings. The number of nitriles is 1. The molecule has 0 bridgehead atoms. The topological polar surface area (TPSA) is 90.8 Å². The fourth-order valence-electron chi connectivity index (χ4n) is 3.74. The van der Waals surface area contributed by atoms with Crippen LogP contribution in [0.3, 0.4) is 0 Å². The number of benzene rings is 1. The molecule has 2 aromatic heterocycles. The Bertz CT molecular complexity index is 995. The van der Waals surface area contributed by atoms with Crippen molar-refractivity contribution in [3.63, 3.8) is 0 Å². The van der Waals surface area contributed by atoms with Crippen molar-refractivity contribution in [1.82, 2.24) is 15.3 Å². The third-order valence-corrected chi connectivity index (χ3v) is 5.22. The monoisotopic (exact) mass is 374 g/mol. The van der Waals surface area contributed by atoms with Crippen LogP contribution in [0.5, 0.6) is 5.88 Å². The van der Waals surface area contributed by atoms with Gasteiger partial charge in [0, 0.05) is 35.4 Å². The van der Waals surface area contributed by atoms with E-state index in [1.165, 1.54) is 6.20 Å². The Morgan fingerprint density at radius 3 is 2.79 bits per heavy atom. The smallest absolute Gasteiger partial charge is 0.224 e. The third-order valence-electron chi connectivity index (χ3n) is 5.22. The molecule has 28 heavy (non-hydrogen) atoms. The molecular formula is C22H22N4O2. The van der Waals surface area contributed by atoms with Gasteiger partial charge in [0.2, 0.25) is 11.8 Å². The van der Waals surface area contributed by atoms with Crippen molar-refractivity contribution < 1.29 is 9.53 Å². The van der Waals surface area contributed by atoms with Gasteiger partial charge in [-0.1, -0.05) is 18.2 Å². The minimum atomic E-state index is 0.0582. The van der Waals surface area contributed by atoms with E-state index in [-0.39, 0.29) is 18.1 Å². The first-order chi connectivity index (χ1) is 13.7. The maximum atomic E-state index is 12.5. The summed E-state index contributed by atoms with van der Waals surface area (Å²) in [5.41, 5.74) is 2.60. The second kappa shape index (κ2) is 8.13. The van der Waals surface area contributed by atoms with Gasteiger partial charge in [0.15, 0.2) is 0 Å². The van der Waals surface area contributed by atoms with E-state index < -0.39 is 0 Å². The molecule has 0 saturated heterocycles. The number of para-hydroxylation sites is 1. The first-order valence-electron chi connectivity index (χ1n) is 9.58. The zero-order valence-corrected chi connectivity index (χ0v) is 15.5. The number of nitrogens with zero attached hydrogens (tertiary/aromatic N) is 2. The molecule has 0 unspecified atom stereocenters. The molecule has 6 nitrogen and oxygen atoms in total. The van der Waals surface area contributed by atoms with Crippen molar-refractivity contribution in [3.05, 3.63) is 59.9 Å². The molecule has 0 aliphatic heterocycles. The number of aromatic amines is 1. The number of ether oxygens (including phenoxy) is 1. The Morgan fingerprint density at radius 2 is 2.04 bits per heavy atom. The van der Waals surface area contributed by atoms with E-state index >= 15 is 0 Å². The van der Waals surface area contributed by atoms with Crippen LogP contribution < -0.4 is 10.1 Å². The maximum Gasteiger partial charge on any atom is 0.224 e. The first kappa shape index (κ1) is 18.1. The summed E-state index contributed by atoms with van der Waals surface area (Å²) < 4.78 is 5.90. The van der Waals surface area contributed by atoms with E-state index in [0.717, 1.165) is 42.1 Å². The van der Waals surface area contributed by atoms with E-state index in [2.05, 4.69) is 15.3 Å². The Kier molecular flexibility index (Phi) is 5.24. The number of nitrogens with one attached hydrogen (secondary N) is 2. The van der Waals surface area contributed by atoms with Gasteiger partial charge in [-0.05, 0) is 43.4 Å². The summed E-state index contributed by atoms with van der Waals surface area (Å²) in [5.74, 6) is 0.605. The maximum absolute atomic E-state index is 12.5. The van der Waals surface area contributed by atoms with Crippen molar-refractivity contribution in [2.45, 2.75) is 44.2 Å². The summed E-state index contributed by atoms with van der Waals surface area (Å²) in [6, 6.07) is 13.7. The van der Waals surface area contributed by atoms with Crippen LogP contribution in [0.1, 0.15) is 36.8 Å². The van der Waals surface area contributed by atoms with Gasteiger partial charge in [-0.3, -0.25) is 4.79 Å². The van der Waals surface area contributed by atoms with E-state index in [9.17, 15) is 4.79 Å². The molecule has 0 atom stereocenters. The molecule has 4 rings (SSSR count). The molecule has 6 heteroatoms. The summed E-state index contributed by atoms with van der Waals surface area (Å²) >= 11 is 0. The second-order valence-corrected chi connectivity index (χ2v) is 7.19. The lowest BCUT2D eigenvalue weighted by molar-refractivity contribution is -0.121. The average Bonchev–Trinajstić information content (AvgIpc) is 3.13. The highest BCUT2D eigenvalue weighted by molar-refractivity contribution is 5.88. The molecular weight excluding hydrogens is 352 g/mol. The van der Waals surface area contributed by atoms with Crippen LogP contribution in [-0.2, 0) is 11.2 Å². The Labute approximate surface area is 163 Å². The fraction of sp³-hybridized carbons (Fsp3) is 0.318. The number of amides is 1. The molecule has 2 heterocycles. The van der Waals surface area contributed by atoms with Gasteiger partial charge in [-0.15, -0.1) is 0 Å². The number of aromatic nitrogens is 2. The number of hydrogen-bond acceptors (Lipinski definition) is 4. The summed E-state index contributed by atoms with van der Waals surface area (Å²) in [7, 11) is 0. The molecule has 1 fully saturated rings. The van der Waals surface area contributed by atoms with E-state index in [1.54, 1.807) is 12.1 Å². The van der Waals surface area contributed by atoms with E-state index in [4.69, 9.17) is 10.00 Å². The lowest BCUT2D eigenvalue weighted by Crippen LogP contribution is -2.40. The van der Waals surface area contributed by atoms with Crippen LogP contribution in [0.2, 0.25) is 0 Å². The van der Waals surface area contributed by atoms with Gasteiger partial charge in [0.05, 0.1) is 12.0 Å². The highest BCUT2D eigenvalue weighted by Gasteiger charge is 2.24. The standard InChI is InChI=1S/C22H22N4O2/c23-12-15-5-10-22(25-13-15)28-18-8-6-17(7-9-18)26-21(27)11-16-14-24-20-4-2-1-3-19(16)20/h1-5,10,13-14,17-18,24H,6-9,11H2,(H,26,27). The van der Waals surface area contributed by atoms with Crippen LogP contribution in [0.4, 0.5) is 0 Å². The van der Waals surface area contributed by atoms with Crippen LogP contribution in [0.25, 0.3) is 10.9 Å². The van der Waals surface area contributed by atoms with Gasteiger partial charge in [0.25, 0.3) is 0 Å². The third kappa shape index (κ3) is 4.15. The van der Waals surface area contributed by atoms with Gasteiger partial charge in [0.1, 0.15) is 12.2 Å². The SMILES string of the molecule is N#Cc1ccc(OC2CCC(NC(=O)Cc3c[nH]c4ccccc34)CC2)nc1. The lowest BCUT2D eigenvalue weighted by Gasteiger charge is -2.29. The Hall–Kier alpha value is -3.33. The number of H-pyrrole nitrogens is 1. The predicted molar refractivity (Wildman–Crippen MR) is 106 cm³/mol. The number of carbonyl (C=O) groups excluding carboxylic acids is 1. The largest absolute Gasteiger partial charge is 0.474 e. The van der Waals surface area contributed by atoms with Crippen LogP contribution in [0.15, 0.2) is 48.8 Å². The molecule has 142 valence electrons. The molecule has 0 radical (unpaired) electrons. The number of fused-ring (bicyclic) bond motifs is 1. The van der Waals surface area contributed by atoms with Gasteiger partial charge < -0.3 is 15.0 Å². The van der Waals surface area contributed by atoms with Crippen molar-refractivity contribution in [2.24, 2.45) is 0 Å². The molecule has 1 amide bonds. The number of hydrogen-bond donors (Lipinski definition) is 2. The number of pyridine rings is 1. The Balaban J connectivity index is 1.26. The molecule has 0 spiro atoms. The van der Waals surface area contributed by atoms with Crippen molar-refractivity contribution in [2.75, 3.05) is 0 Å². The highest BCUT2D eigenvalue weighted by atomic mass is 16.5. The highest BCUT2D eigenvalue weighted by Crippen LogP contribution is 2.23. The zero-order valence-electron chi connectivity index (χ0n) is 15.5. The normalized spacial score (nSPS) is 19.1. The fourth-order valence-corrected chi connectivity index (χ4v) is 3.74. The minimum absolute atomic E-state index is 0.0582. The van der Waals surface area contributed by atoms with Crippen molar-refractivity contribution >= 4 is 16.8 Å². The quantitative estimate of drug-likeness (QED) is 0.715. The Morgan fingerprint density at radius 1 is 1.21 bits per heavy atom. The minimum Gasteiger partial charge on any atom is -0.474 e. The van der Waals surface area contributed by atoms with Gasteiger partial charge in [-0.25, -0.2) is 4.98 Å². The first-order valence-corrected chi connectivity index (χ1v) is 9.58. The molecule has 1 aliphatic carbocycles. The van der Waals surface area contributed by atoms with E-state index in [0.29, 0.717) is 17.9 Å². The van der Waals surface area contributed by atoms with Crippen LogP contribution in [0, 0.1) is 11.3 Å². The van der Waals surface area contributed by atoms with Crippen LogP contribution in [-0.4, -0.2) is 28.0 Å². The summed E-state index contributed by atoms with van der Waals surface area (Å²) in [6.07, 6.45) is 7.45. The molecule has 1 saturated carbocycles. The zero-order chi connectivity index (χ0) is 19.3. The lowest BCUT2D eigenvalue weighted by atomic mass is 9.92.